The number of imide groups is 1. The Balaban J connectivity index is 1.41. The molecular weight excluding hydrogens is 482 g/mol. The van der Waals surface area contributed by atoms with E-state index < -0.39 is 16.7 Å². The van der Waals surface area contributed by atoms with Gasteiger partial charge < -0.3 is 10.2 Å². The number of nitrogens with one attached hydrogen (secondary N) is 1. The molecule has 38 heavy (non-hydrogen) atoms. The van der Waals surface area contributed by atoms with Crippen molar-refractivity contribution in [3.05, 3.63) is 94.0 Å². The lowest BCUT2D eigenvalue weighted by Crippen LogP contribution is -2.44. The lowest BCUT2D eigenvalue weighted by molar-refractivity contribution is -0.384. The first kappa shape index (κ1) is 23.9. The molecule has 6 rings (SSSR count). The lowest BCUT2D eigenvalue weighted by atomic mass is 9.99. The van der Waals surface area contributed by atoms with Crippen molar-refractivity contribution in [3.63, 3.8) is 0 Å². The van der Waals surface area contributed by atoms with Crippen molar-refractivity contribution in [2.24, 2.45) is 0 Å². The van der Waals surface area contributed by atoms with Gasteiger partial charge in [0, 0.05) is 61.2 Å². The average molecular weight is 510 g/mol. The topological polar surface area (TPSA) is 99.0 Å². The van der Waals surface area contributed by atoms with Gasteiger partial charge in [-0.2, -0.15) is 0 Å². The molecule has 2 saturated heterocycles. The first-order valence-electron chi connectivity index (χ1n) is 12.6. The SMILES string of the molecule is CC(=O)N1C(=O)/C(=C(\Nc2ccc(N3CC4CC3CN4C)cc2)c2ccccc2)c2ccc([N+](=O)[O-])cc21. The van der Waals surface area contributed by atoms with Crippen molar-refractivity contribution in [1.29, 1.82) is 0 Å². The number of likely N-dealkylation sites (N-methyl/N-ethyl adjacent to an activating group) is 1. The number of rotatable bonds is 5. The van der Waals surface area contributed by atoms with Crippen LogP contribution in [0.25, 0.3) is 11.3 Å². The molecule has 0 aliphatic carbocycles. The second-order valence-corrected chi connectivity index (χ2v) is 10.0. The summed E-state index contributed by atoms with van der Waals surface area (Å²) in [6, 6.07) is 22.9. The predicted octanol–water partition coefficient (Wildman–Crippen LogP) is 4.36. The molecule has 2 fully saturated rings. The Labute approximate surface area is 220 Å². The molecule has 3 aromatic rings. The fourth-order valence-corrected chi connectivity index (χ4v) is 5.87. The minimum Gasteiger partial charge on any atom is -0.366 e. The van der Waals surface area contributed by atoms with Crippen molar-refractivity contribution in [2.45, 2.75) is 25.4 Å². The van der Waals surface area contributed by atoms with Gasteiger partial charge >= 0.3 is 0 Å². The third kappa shape index (κ3) is 3.92. The van der Waals surface area contributed by atoms with Crippen LogP contribution in [0.2, 0.25) is 0 Å². The molecule has 2 amide bonds. The number of hydrogen-bond acceptors (Lipinski definition) is 7. The highest BCUT2D eigenvalue weighted by Gasteiger charge is 2.41. The number of carbonyl (C=O) groups excluding carboxylic acids is 2. The van der Waals surface area contributed by atoms with Crippen molar-refractivity contribution in [1.82, 2.24) is 4.90 Å². The van der Waals surface area contributed by atoms with Crippen LogP contribution in [-0.4, -0.2) is 53.9 Å². The maximum absolute atomic E-state index is 13.6. The molecule has 3 heterocycles. The van der Waals surface area contributed by atoms with Gasteiger partial charge in [0.2, 0.25) is 5.91 Å². The van der Waals surface area contributed by atoms with Crippen LogP contribution in [0.5, 0.6) is 0 Å². The van der Waals surface area contributed by atoms with Crippen LogP contribution in [0.15, 0.2) is 72.8 Å². The molecule has 9 nitrogen and oxygen atoms in total. The predicted molar refractivity (Wildman–Crippen MR) is 147 cm³/mol. The fraction of sp³-hybridized carbons (Fsp3) is 0.241. The molecule has 0 aromatic heterocycles. The van der Waals surface area contributed by atoms with E-state index in [4.69, 9.17) is 0 Å². The molecule has 0 radical (unpaired) electrons. The molecule has 3 aromatic carbocycles. The van der Waals surface area contributed by atoms with Crippen LogP contribution in [0.3, 0.4) is 0 Å². The summed E-state index contributed by atoms with van der Waals surface area (Å²) >= 11 is 0. The smallest absolute Gasteiger partial charge is 0.271 e. The third-order valence-corrected chi connectivity index (χ3v) is 7.73. The minimum absolute atomic E-state index is 0.185. The van der Waals surface area contributed by atoms with Gasteiger partial charge in [-0.05, 0) is 49.4 Å². The quantitative estimate of drug-likeness (QED) is 0.310. The van der Waals surface area contributed by atoms with Crippen LogP contribution in [0, 0.1) is 10.1 Å². The summed E-state index contributed by atoms with van der Waals surface area (Å²) in [5.74, 6) is -1.03. The number of amides is 2. The Morgan fingerprint density at radius 2 is 1.74 bits per heavy atom. The Hall–Kier alpha value is -4.50. The van der Waals surface area contributed by atoms with E-state index in [9.17, 15) is 19.7 Å². The van der Waals surface area contributed by atoms with Crippen LogP contribution in [0.4, 0.5) is 22.7 Å². The maximum Gasteiger partial charge on any atom is 0.271 e. The number of fused-ring (bicyclic) bond motifs is 3. The number of piperazine rings is 1. The number of hydrogen-bond donors (Lipinski definition) is 1. The van der Waals surface area contributed by atoms with E-state index in [0.29, 0.717) is 28.9 Å². The Bertz CT molecular complexity index is 1480. The van der Waals surface area contributed by atoms with E-state index in [2.05, 4.69) is 34.3 Å². The molecule has 1 N–H and O–H groups in total. The highest BCUT2D eigenvalue weighted by Crippen LogP contribution is 2.43. The number of benzene rings is 3. The van der Waals surface area contributed by atoms with E-state index in [1.807, 2.05) is 42.5 Å². The number of nitrogens with zero attached hydrogens (tertiary/aromatic N) is 4. The van der Waals surface area contributed by atoms with Gasteiger partial charge in [0.05, 0.1) is 21.9 Å². The Kier molecular flexibility index (Phi) is 5.72. The normalized spacial score (nSPS) is 21.6. The van der Waals surface area contributed by atoms with Crippen molar-refractivity contribution < 1.29 is 14.5 Å². The highest BCUT2D eigenvalue weighted by atomic mass is 16.6. The lowest BCUT2D eigenvalue weighted by Gasteiger charge is -2.33. The second-order valence-electron chi connectivity index (χ2n) is 10.0. The Morgan fingerprint density at radius 1 is 1.00 bits per heavy atom. The molecule has 0 spiro atoms. The summed E-state index contributed by atoms with van der Waals surface area (Å²) in [5.41, 5.74) is 4.04. The van der Waals surface area contributed by atoms with Gasteiger partial charge in [-0.3, -0.25) is 24.6 Å². The number of likely N-dealkylation sites (tertiary alicyclic amines) is 1. The summed E-state index contributed by atoms with van der Waals surface area (Å²) in [4.78, 5) is 42.9. The van der Waals surface area contributed by atoms with Gasteiger partial charge in [-0.15, -0.1) is 0 Å². The second kappa shape index (κ2) is 9.11. The number of nitro groups is 1. The number of anilines is 3. The minimum atomic E-state index is -0.535. The molecule has 2 bridgehead atoms. The maximum atomic E-state index is 13.6. The molecule has 192 valence electrons. The van der Waals surface area contributed by atoms with Crippen LogP contribution in [-0.2, 0) is 9.59 Å². The third-order valence-electron chi connectivity index (χ3n) is 7.73. The van der Waals surface area contributed by atoms with Gasteiger partial charge in [0.1, 0.15) is 0 Å². The largest absolute Gasteiger partial charge is 0.366 e. The van der Waals surface area contributed by atoms with E-state index >= 15 is 0 Å². The average Bonchev–Trinajstić information content (AvgIpc) is 3.57. The number of carbonyl (C=O) groups is 2. The Morgan fingerprint density at radius 3 is 2.34 bits per heavy atom. The van der Waals surface area contributed by atoms with Gasteiger partial charge in [-0.1, -0.05) is 30.3 Å². The molecule has 3 aliphatic rings. The summed E-state index contributed by atoms with van der Waals surface area (Å²) in [7, 11) is 2.18. The highest BCUT2D eigenvalue weighted by molar-refractivity contribution is 6.43. The molecule has 2 atom stereocenters. The van der Waals surface area contributed by atoms with Gasteiger partial charge in [0.15, 0.2) is 0 Å². The van der Waals surface area contributed by atoms with E-state index in [0.717, 1.165) is 29.2 Å². The summed E-state index contributed by atoms with van der Waals surface area (Å²) in [6.45, 7) is 3.37. The van der Waals surface area contributed by atoms with Crippen LogP contribution in [0.1, 0.15) is 24.5 Å². The summed E-state index contributed by atoms with van der Waals surface area (Å²) in [6.07, 6.45) is 1.19. The molecule has 3 aliphatic heterocycles. The standard InChI is InChI=1S/C29H27N5O4/c1-18(35)33-26-15-22(34(37)38)12-13-25(26)27(29(33)36)28(19-6-4-3-5-7-19)30-20-8-10-21(11-9-20)32-17-23-14-24(32)16-31(23)2/h3-13,15,23-24,30H,14,16-17H2,1-2H3/b28-27-. The summed E-state index contributed by atoms with van der Waals surface area (Å²) < 4.78 is 0. The monoisotopic (exact) mass is 509 g/mol. The van der Waals surface area contributed by atoms with E-state index in [1.54, 1.807) is 0 Å². The van der Waals surface area contributed by atoms with Crippen LogP contribution < -0.4 is 15.1 Å². The van der Waals surface area contributed by atoms with E-state index in [1.165, 1.54) is 37.2 Å². The zero-order chi connectivity index (χ0) is 26.6. The molecular formula is C29H27N5O4. The number of nitro benzene ring substituents is 1. The molecule has 2 unspecified atom stereocenters. The first-order valence-corrected chi connectivity index (χ1v) is 12.6. The van der Waals surface area contributed by atoms with Gasteiger partial charge in [-0.25, -0.2) is 4.90 Å². The van der Waals surface area contributed by atoms with E-state index in [-0.39, 0.29) is 11.4 Å². The zero-order valence-corrected chi connectivity index (χ0v) is 21.1. The first-order chi connectivity index (χ1) is 18.3. The van der Waals surface area contributed by atoms with Crippen LogP contribution >= 0.6 is 0 Å². The van der Waals surface area contributed by atoms with Crippen molar-refractivity contribution >= 4 is 45.8 Å². The zero-order valence-electron chi connectivity index (χ0n) is 21.1. The fourth-order valence-electron chi connectivity index (χ4n) is 5.87. The van der Waals surface area contributed by atoms with Gasteiger partial charge in [0.25, 0.3) is 11.6 Å². The van der Waals surface area contributed by atoms with Crippen molar-refractivity contribution in [3.8, 4) is 0 Å². The van der Waals surface area contributed by atoms with Crippen molar-refractivity contribution in [2.75, 3.05) is 35.3 Å². The molecule has 0 saturated carbocycles. The summed E-state index contributed by atoms with van der Waals surface area (Å²) in [5, 5.41) is 14.8. The number of non-ortho nitro benzene ring substituents is 1. The molecule has 9 heteroatoms.